The molecule has 24 heavy (non-hydrogen) atoms. The molecule has 0 aliphatic heterocycles. The molecule has 0 aliphatic rings. The minimum Gasteiger partial charge on any atom is -0.350 e. The molecule has 0 bridgehead atoms. The van der Waals surface area contributed by atoms with Crippen molar-refractivity contribution in [2.75, 3.05) is 11.4 Å². The number of anilines is 1. The van der Waals surface area contributed by atoms with Crippen LogP contribution in [-0.4, -0.2) is 33.5 Å². The van der Waals surface area contributed by atoms with E-state index in [9.17, 15) is 14.0 Å². The van der Waals surface area contributed by atoms with E-state index in [4.69, 9.17) is 0 Å². The third kappa shape index (κ3) is 4.58. The number of nitrogens with one attached hydrogen (secondary N) is 1. The predicted octanol–water partition coefficient (Wildman–Crippen LogP) is 2.63. The van der Waals surface area contributed by atoms with Crippen LogP contribution in [0, 0.1) is 5.82 Å². The van der Waals surface area contributed by atoms with E-state index in [2.05, 4.69) is 14.9 Å². The van der Waals surface area contributed by atoms with E-state index >= 15 is 0 Å². The highest BCUT2D eigenvalue weighted by molar-refractivity contribution is 7.03. The summed E-state index contributed by atoms with van der Waals surface area (Å²) < 4.78 is 17.2. The molecule has 1 aromatic carbocycles. The molecule has 0 saturated heterocycles. The SMILES string of the molecule is CCC(C)(C)NC(=O)CN(C(=O)c1csnn1)c1cccc(F)c1. The smallest absolute Gasteiger partial charge is 0.280 e. The molecule has 1 heterocycles. The van der Waals surface area contributed by atoms with E-state index in [0.717, 1.165) is 18.0 Å². The molecule has 0 fully saturated rings. The summed E-state index contributed by atoms with van der Waals surface area (Å²) in [5.41, 5.74) is 0.0138. The molecule has 2 amide bonds. The van der Waals surface area contributed by atoms with Gasteiger partial charge in [-0.25, -0.2) is 4.39 Å². The summed E-state index contributed by atoms with van der Waals surface area (Å²) in [6.07, 6.45) is 0.739. The standard InChI is InChI=1S/C16H19FN4O2S/c1-4-16(2,3)18-14(22)9-21(12-7-5-6-11(17)8-12)15(23)13-10-24-20-19-13/h5-8,10H,4,9H2,1-3H3,(H,18,22). The maximum atomic E-state index is 13.5. The number of halogens is 1. The fourth-order valence-electron chi connectivity index (χ4n) is 1.97. The van der Waals surface area contributed by atoms with Crippen LogP contribution in [0.15, 0.2) is 29.6 Å². The number of aromatic nitrogens is 2. The van der Waals surface area contributed by atoms with Crippen molar-refractivity contribution in [2.45, 2.75) is 32.7 Å². The lowest BCUT2D eigenvalue weighted by Gasteiger charge is -2.27. The zero-order valence-electron chi connectivity index (χ0n) is 13.7. The molecule has 128 valence electrons. The molecular formula is C16H19FN4O2S. The molecule has 2 rings (SSSR count). The average Bonchev–Trinajstić information content (AvgIpc) is 3.06. The number of hydrogen-bond acceptors (Lipinski definition) is 5. The monoisotopic (exact) mass is 350 g/mol. The van der Waals surface area contributed by atoms with E-state index in [0.29, 0.717) is 0 Å². The fourth-order valence-corrected chi connectivity index (χ4v) is 2.40. The maximum Gasteiger partial charge on any atom is 0.280 e. The molecule has 0 atom stereocenters. The van der Waals surface area contributed by atoms with Crippen LogP contribution >= 0.6 is 11.5 Å². The minimum absolute atomic E-state index is 0.117. The number of nitrogens with zero attached hydrogens (tertiary/aromatic N) is 3. The second kappa shape index (κ2) is 7.48. The Labute approximate surface area is 143 Å². The van der Waals surface area contributed by atoms with Crippen molar-refractivity contribution in [3.05, 3.63) is 41.2 Å². The van der Waals surface area contributed by atoms with Crippen LogP contribution in [0.25, 0.3) is 0 Å². The van der Waals surface area contributed by atoms with Crippen LogP contribution in [0.2, 0.25) is 0 Å². The molecule has 0 radical (unpaired) electrons. The van der Waals surface area contributed by atoms with Gasteiger partial charge in [0.2, 0.25) is 5.91 Å². The predicted molar refractivity (Wildman–Crippen MR) is 90.5 cm³/mol. The van der Waals surface area contributed by atoms with Gasteiger partial charge in [0.25, 0.3) is 5.91 Å². The lowest BCUT2D eigenvalue weighted by atomic mass is 10.0. The van der Waals surface area contributed by atoms with Gasteiger partial charge in [-0.2, -0.15) is 0 Å². The summed E-state index contributed by atoms with van der Waals surface area (Å²) in [7, 11) is 0. The van der Waals surface area contributed by atoms with Crippen LogP contribution in [-0.2, 0) is 4.79 Å². The highest BCUT2D eigenvalue weighted by atomic mass is 32.1. The summed E-state index contributed by atoms with van der Waals surface area (Å²) in [6, 6.07) is 5.53. The van der Waals surface area contributed by atoms with Gasteiger partial charge in [-0.1, -0.05) is 17.5 Å². The first kappa shape index (κ1) is 18.0. The number of carbonyl (C=O) groups excluding carboxylic acids is 2. The molecule has 1 N–H and O–H groups in total. The first-order valence-electron chi connectivity index (χ1n) is 7.48. The van der Waals surface area contributed by atoms with E-state index in [1.165, 1.54) is 28.5 Å². The first-order chi connectivity index (χ1) is 11.3. The van der Waals surface area contributed by atoms with Crippen LogP contribution < -0.4 is 10.2 Å². The molecular weight excluding hydrogens is 331 g/mol. The van der Waals surface area contributed by atoms with Gasteiger partial charge < -0.3 is 5.32 Å². The van der Waals surface area contributed by atoms with Crippen molar-refractivity contribution in [1.82, 2.24) is 14.9 Å². The summed E-state index contributed by atoms with van der Waals surface area (Å²) >= 11 is 1.03. The summed E-state index contributed by atoms with van der Waals surface area (Å²) in [6.45, 7) is 5.51. The van der Waals surface area contributed by atoms with Gasteiger partial charge in [0.1, 0.15) is 12.4 Å². The second-order valence-electron chi connectivity index (χ2n) is 5.95. The Balaban J connectivity index is 2.26. The molecule has 8 heteroatoms. The Morgan fingerprint density at radius 1 is 1.38 bits per heavy atom. The molecule has 2 aromatic rings. The zero-order valence-corrected chi connectivity index (χ0v) is 14.6. The Morgan fingerprint density at radius 3 is 2.71 bits per heavy atom. The Bertz CT molecular complexity index is 719. The number of carbonyl (C=O) groups is 2. The van der Waals surface area contributed by atoms with Crippen LogP contribution in [0.4, 0.5) is 10.1 Å². The number of rotatable bonds is 6. The molecule has 0 spiro atoms. The van der Waals surface area contributed by atoms with Crippen molar-refractivity contribution in [3.8, 4) is 0 Å². The summed E-state index contributed by atoms with van der Waals surface area (Å²) in [5.74, 6) is -1.32. The highest BCUT2D eigenvalue weighted by Crippen LogP contribution is 2.18. The van der Waals surface area contributed by atoms with Gasteiger partial charge in [-0.3, -0.25) is 14.5 Å². The van der Waals surface area contributed by atoms with Crippen LogP contribution in [0.5, 0.6) is 0 Å². The molecule has 0 saturated carbocycles. The highest BCUT2D eigenvalue weighted by Gasteiger charge is 2.25. The van der Waals surface area contributed by atoms with Gasteiger partial charge in [0, 0.05) is 16.6 Å². The number of benzene rings is 1. The molecule has 0 aliphatic carbocycles. The summed E-state index contributed by atoms with van der Waals surface area (Å²) in [4.78, 5) is 26.1. The topological polar surface area (TPSA) is 75.2 Å². The van der Waals surface area contributed by atoms with Gasteiger partial charge in [0.05, 0.1) is 0 Å². The van der Waals surface area contributed by atoms with Crippen molar-refractivity contribution in [1.29, 1.82) is 0 Å². The third-order valence-electron chi connectivity index (χ3n) is 3.61. The Hall–Kier alpha value is -2.35. The molecule has 6 nitrogen and oxygen atoms in total. The normalized spacial score (nSPS) is 11.2. The van der Waals surface area contributed by atoms with E-state index in [1.807, 2.05) is 20.8 Å². The fraction of sp³-hybridized carbons (Fsp3) is 0.375. The van der Waals surface area contributed by atoms with E-state index in [1.54, 1.807) is 6.07 Å². The average molecular weight is 350 g/mol. The third-order valence-corrected chi connectivity index (χ3v) is 4.11. The van der Waals surface area contributed by atoms with Crippen molar-refractivity contribution >= 4 is 29.0 Å². The lowest BCUT2D eigenvalue weighted by molar-refractivity contribution is -0.121. The summed E-state index contributed by atoms with van der Waals surface area (Å²) in [5, 5.41) is 8.08. The largest absolute Gasteiger partial charge is 0.350 e. The Morgan fingerprint density at radius 2 is 2.12 bits per heavy atom. The van der Waals surface area contributed by atoms with Crippen molar-refractivity contribution in [2.24, 2.45) is 0 Å². The quantitative estimate of drug-likeness (QED) is 0.869. The lowest BCUT2D eigenvalue weighted by Crippen LogP contribution is -2.48. The molecule has 1 aromatic heterocycles. The van der Waals surface area contributed by atoms with E-state index < -0.39 is 17.3 Å². The number of amides is 2. The van der Waals surface area contributed by atoms with Crippen molar-refractivity contribution in [3.63, 3.8) is 0 Å². The molecule has 0 unspecified atom stereocenters. The van der Waals surface area contributed by atoms with Crippen LogP contribution in [0.1, 0.15) is 37.7 Å². The van der Waals surface area contributed by atoms with Crippen LogP contribution in [0.3, 0.4) is 0 Å². The Kier molecular flexibility index (Phi) is 5.61. The maximum absolute atomic E-state index is 13.5. The first-order valence-corrected chi connectivity index (χ1v) is 8.31. The number of hydrogen-bond donors (Lipinski definition) is 1. The second-order valence-corrected chi connectivity index (χ2v) is 6.56. The van der Waals surface area contributed by atoms with Gasteiger partial charge in [-0.15, -0.1) is 5.10 Å². The van der Waals surface area contributed by atoms with E-state index in [-0.39, 0.29) is 23.8 Å². The van der Waals surface area contributed by atoms with Gasteiger partial charge >= 0.3 is 0 Å². The van der Waals surface area contributed by atoms with Gasteiger partial charge in [-0.05, 0) is 50.0 Å². The zero-order chi connectivity index (χ0) is 17.7. The van der Waals surface area contributed by atoms with Gasteiger partial charge in [0.15, 0.2) is 5.69 Å². The minimum atomic E-state index is -0.501. The van der Waals surface area contributed by atoms with Crippen molar-refractivity contribution < 1.29 is 14.0 Å².